The Morgan fingerprint density at radius 1 is 0.914 bits per heavy atom. The van der Waals surface area contributed by atoms with Gasteiger partial charge in [0.1, 0.15) is 11.6 Å². The van der Waals surface area contributed by atoms with Crippen LogP contribution in [0.5, 0.6) is 0 Å². The molecule has 2 N–H and O–H groups in total. The summed E-state index contributed by atoms with van der Waals surface area (Å²) in [7, 11) is 0. The Balaban J connectivity index is 1.58. The van der Waals surface area contributed by atoms with Gasteiger partial charge in [-0.25, -0.2) is 9.78 Å². The average molecular weight is 467 g/mol. The molecule has 5 rings (SSSR count). The highest BCUT2D eigenvalue weighted by Gasteiger charge is 2.39. The highest BCUT2D eigenvalue weighted by Crippen LogP contribution is 2.40. The van der Waals surface area contributed by atoms with Crippen LogP contribution < -0.4 is 5.32 Å². The van der Waals surface area contributed by atoms with Crippen LogP contribution >= 0.6 is 0 Å². The molecule has 0 unspecified atom stereocenters. The van der Waals surface area contributed by atoms with E-state index in [1.807, 2.05) is 67.1 Å². The normalized spacial score (nSPS) is 15.8. The largest absolute Gasteiger partial charge is 0.465 e. The standard InChI is InChI=1S/C28H26N4O3/c33-26-25(30-27(34)35)16-17-31(26)18-24-19-32(20-29-24)28(21-10-4-1-5-11-21,22-12-6-2-7-13-22)23-14-8-3-9-15-23/h1-15,19-20,25,30H,16-18H2,(H,34,35)/t25-/m1/s1. The summed E-state index contributed by atoms with van der Waals surface area (Å²) in [5, 5.41) is 11.3. The van der Waals surface area contributed by atoms with Crippen molar-refractivity contribution in [2.75, 3.05) is 6.54 Å². The van der Waals surface area contributed by atoms with Crippen molar-refractivity contribution in [3.63, 3.8) is 0 Å². The summed E-state index contributed by atoms with van der Waals surface area (Å²) < 4.78 is 2.11. The number of likely N-dealkylation sites (tertiary alicyclic amines) is 1. The predicted octanol–water partition coefficient (Wildman–Crippen LogP) is 4.09. The number of hydrogen-bond donors (Lipinski definition) is 2. The molecule has 0 spiro atoms. The van der Waals surface area contributed by atoms with Gasteiger partial charge in [0.05, 0.1) is 18.6 Å². The molecular formula is C28H26N4O3. The first-order valence-corrected chi connectivity index (χ1v) is 11.6. The first-order chi connectivity index (χ1) is 17.1. The molecule has 0 bridgehead atoms. The monoisotopic (exact) mass is 466 g/mol. The summed E-state index contributed by atoms with van der Waals surface area (Å²) in [6, 6.07) is 30.2. The molecule has 1 aliphatic heterocycles. The van der Waals surface area contributed by atoms with Crippen LogP contribution in [0.25, 0.3) is 0 Å². The van der Waals surface area contributed by atoms with Crippen LogP contribution in [0.4, 0.5) is 4.79 Å². The maximum atomic E-state index is 12.7. The fourth-order valence-corrected chi connectivity index (χ4v) is 4.99. The Kier molecular flexibility index (Phi) is 6.06. The molecule has 1 aromatic heterocycles. The number of carbonyl (C=O) groups is 2. The van der Waals surface area contributed by atoms with Crippen LogP contribution in [0.3, 0.4) is 0 Å². The van der Waals surface area contributed by atoms with Gasteiger partial charge in [-0.3, -0.25) is 4.79 Å². The van der Waals surface area contributed by atoms with Gasteiger partial charge >= 0.3 is 6.09 Å². The summed E-state index contributed by atoms with van der Waals surface area (Å²) in [5.41, 5.74) is 3.33. The molecule has 3 aromatic carbocycles. The molecule has 0 radical (unpaired) electrons. The second kappa shape index (κ2) is 9.46. The fourth-order valence-electron chi connectivity index (χ4n) is 4.99. The van der Waals surface area contributed by atoms with Crippen LogP contribution in [0, 0.1) is 0 Å². The molecule has 1 saturated heterocycles. The number of amides is 2. The molecule has 2 heterocycles. The van der Waals surface area contributed by atoms with Crippen molar-refractivity contribution in [3.8, 4) is 0 Å². The number of aromatic nitrogens is 2. The molecule has 35 heavy (non-hydrogen) atoms. The summed E-state index contributed by atoms with van der Waals surface area (Å²) in [4.78, 5) is 30.0. The maximum Gasteiger partial charge on any atom is 0.405 e. The van der Waals surface area contributed by atoms with Gasteiger partial charge in [-0.1, -0.05) is 91.0 Å². The first-order valence-electron chi connectivity index (χ1n) is 11.6. The average Bonchev–Trinajstić information content (AvgIpc) is 3.49. The maximum absolute atomic E-state index is 12.7. The third kappa shape index (κ3) is 4.17. The van der Waals surface area contributed by atoms with E-state index in [0.717, 1.165) is 22.4 Å². The Bertz CT molecular complexity index is 1210. The van der Waals surface area contributed by atoms with Crippen molar-refractivity contribution < 1.29 is 14.7 Å². The number of nitrogens with zero attached hydrogens (tertiary/aromatic N) is 3. The minimum absolute atomic E-state index is 0.220. The molecular weight excluding hydrogens is 440 g/mol. The summed E-state index contributed by atoms with van der Waals surface area (Å²) in [5.74, 6) is -0.220. The highest BCUT2D eigenvalue weighted by molar-refractivity contribution is 5.87. The quantitative estimate of drug-likeness (QED) is 0.402. The van der Waals surface area contributed by atoms with E-state index >= 15 is 0 Å². The van der Waals surface area contributed by atoms with E-state index < -0.39 is 17.7 Å². The van der Waals surface area contributed by atoms with E-state index in [4.69, 9.17) is 5.11 Å². The van der Waals surface area contributed by atoms with Crippen molar-refractivity contribution in [2.24, 2.45) is 0 Å². The Morgan fingerprint density at radius 2 is 1.43 bits per heavy atom. The topological polar surface area (TPSA) is 87.5 Å². The van der Waals surface area contributed by atoms with Gasteiger partial charge in [-0.15, -0.1) is 0 Å². The van der Waals surface area contributed by atoms with Crippen LogP contribution in [-0.2, 0) is 16.9 Å². The third-order valence-corrected chi connectivity index (χ3v) is 6.55. The molecule has 7 heteroatoms. The number of nitrogens with one attached hydrogen (secondary N) is 1. The second-order valence-electron chi connectivity index (χ2n) is 8.63. The lowest BCUT2D eigenvalue weighted by Crippen LogP contribution is -2.40. The van der Waals surface area contributed by atoms with Crippen molar-refractivity contribution >= 4 is 12.0 Å². The van der Waals surface area contributed by atoms with Crippen LogP contribution in [0.1, 0.15) is 28.8 Å². The van der Waals surface area contributed by atoms with Crippen LogP contribution in [0.2, 0.25) is 0 Å². The lowest BCUT2D eigenvalue weighted by Gasteiger charge is -2.37. The van der Waals surface area contributed by atoms with Crippen molar-refractivity contribution in [1.29, 1.82) is 0 Å². The van der Waals surface area contributed by atoms with E-state index in [-0.39, 0.29) is 5.91 Å². The third-order valence-electron chi connectivity index (χ3n) is 6.55. The highest BCUT2D eigenvalue weighted by atomic mass is 16.4. The number of rotatable bonds is 7. The number of carboxylic acid groups (broad SMARTS) is 1. The minimum atomic E-state index is -1.19. The molecule has 4 aromatic rings. The van der Waals surface area contributed by atoms with Crippen LogP contribution in [0.15, 0.2) is 104 Å². The Morgan fingerprint density at radius 3 is 1.91 bits per heavy atom. The molecule has 1 aliphatic rings. The smallest absolute Gasteiger partial charge is 0.405 e. The van der Waals surface area contributed by atoms with E-state index in [9.17, 15) is 9.59 Å². The predicted molar refractivity (Wildman–Crippen MR) is 132 cm³/mol. The van der Waals surface area contributed by atoms with E-state index in [2.05, 4.69) is 51.3 Å². The van der Waals surface area contributed by atoms with Gasteiger partial charge in [0.2, 0.25) is 5.91 Å². The second-order valence-corrected chi connectivity index (χ2v) is 8.63. The molecule has 0 saturated carbocycles. The molecule has 1 atom stereocenters. The molecule has 0 aliphatic carbocycles. The molecule has 1 fully saturated rings. The number of carbonyl (C=O) groups excluding carboxylic acids is 1. The zero-order chi connectivity index (χ0) is 24.3. The van der Waals surface area contributed by atoms with Gasteiger partial charge in [0.15, 0.2) is 0 Å². The summed E-state index contributed by atoms with van der Waals surface area (Å²) >= 11 is 0. The molecule has 2 amide bonds. The zero-order valence-corrected chi connectivity index (χ0v) is 19.1. The SMILES string of the molecule is O=C(O)N[C@@H]1CCN(Cc2cn(C(c3ccccc3)(c3ccccc3)c3ccccc3)cn2)C1=O. The number of benzene rings is 3. The van der Waals surface area contributed by atoms with Gasteiger partial charge in [0, 0.05) is 12.7 Å². The number of imidazole rings is 1. The first kappa shape index (κ1) is 22.4. The van der Waals surface area contributed by atoms with E-state index in [0.29, 0.717) is 19.5 Å². The fraction of sp³-hybridized carbons (Fsp3) is 0.179. The Labute approximate surface area is 203 Å². The lowest BCUT2D eigenvalue weighted by atomic mass is 9.77. The van der Waals surface area contributed by atoms with E-state index in [1.54, 1.807) is 4.90 Å². The van der Waals surface area contributed by atoms with Crippen LogP contribution in [-0.4, -0.2) is 44.1 Å². The van der Waals surface area contributed by atoms with Crippen molar-refractivity contribution in [1.82, 2.24) is 19.8 Å². The lowest BCUT2D eigenvalue weighted by molar-refractivity contribution is -0.129. The molecule has 176 valence electrons. The van der Waals surface area contributed by atoms with Gasteiger partial charge in [-0.2, -0.15) is 0 Å². The summed E-state index contributed by atoms with van der Waals surface area (Å²) in [6.45, 7) is 0.802. The Hall–Kier alpha value is -4.39. The molecule has 7 nitrogen and oxygen atoms in total. The van der Waals surface area contributed by atoms with Gasteiger partial charge in [0.25, 0.3) is 0 Å². The van der Waals surface area contributed by atoms with E-state index in [1.165, 1.54) is 0 Å². The van der Waals surface area contributed by atoms with Crippen molar-refractivity contribution in [2.45, 2.75) is 24.5 Å². The van der Waals surface area contributed by atoms with Crippen molar-refractivity contribution in [3.05, 3.63) is 126 Å². The van der Waals surface area contributed by atoms with Gasteiger partial charge in [-0.05, 0) is 23.1 Å². The van der Waals surface area contributed by atoms with Gasteiger partial charge < -0.3 is 19.9 Å². The number of hydrogen-bond acceptors (Lipinski definition) is 3. The summed E-state index contributed by atoms with van der Waals surface area (Å²) in [6.07, 6.45) is 3.06. The zero-order valence-electron chi connectivity index (χ0n) is 19.1. The minimum Gasteiger partial charge on any atom is -0.465 e.